The van der Waals surface area contributed by atoms with E-state index in [4.69, 9.17) is 34.8 Å². The average molecular weight is 439 g/mol. The highest BCUT2D eigenvalue weighted by atomic mass is 35.5. The molecule has 0 bridgehead atoms. The SMILES string of the molecule is C[C@@H](Cc1ccc(Cl)c(Cl)c1)C(=O)NC1N=C(Cl)c2ccccc2N(C)C1=O. The van der Waals surface area contributed by atoms with Gasteiger partial charge in [-0.1, -0.05) is 59.9 Å². The van der Waals surface area contributed by atoms with Gasteiger partial charge in [0.05, 0.1) is 15.7 Å². The van der Waals surface area contributed by atoms with Crippen molar-refractivity contribution in [3.63, 3.8) is 0 Å². The second-order valence-electron chi connectivity index (χ2n) is 6.60. The second-order valence-corrected chi connectivity index (χ2v) is 7.77. The number of carbonyl (C=O) groups excluding carboxylic acids is 2. The molecule has 0 aromatic heterocycles. The molecule has 2 amide bonds. The number of benzene rings is 2. The highest BCUT2D eigenvalue weighted by molar-refractivity contribution is 6.70. The Morgan fingerprint density at radius 2 is 1.89 bits per heavy atom. The lowest BCUT2D eigenvalue weighted by molar-refractivity contribution is -0.129. The van der Waals surface area contributed by atoms with Crippen molar-refractivity contribution in [2.75, 3.05) is 11.9 Å². The zero-order chi connectivity index (χ0) is 20.4. The van der Waals surface area contributed by atoms with Crippen LogP contribution in [0.2, 0.25) is 10.0 Å². The molecule has 8 heteroatoms. The van der Waals surface area contributed by atoms with Gasteiger partial charge in [0, 0.05) is 18.5 Å². The van der Waals surface area contributed by atoms with Gasteiger partial charge < -0.3 is 10.2 Å². The molecule has 28 heavy (non-hydrogen) atoms. The van der Waals surface area contributed by atoms with Gasteiger partial charge in [0.1, 0.15) is 5.17 Å². The van der Waals surface area contributed by atoms with Crippen LogP contribution in [0.4, 0.5) is 5.69 Å². The van der Waals surface area contributed by atoms with Crippen molar-refractivity contribution < 1.29 is 9.59 Å². The van der Waals surface area contributed by atoms with Crippen LogP contribution in [0.15, 0.2) is 47.5 Å². The normalized spacial score (nSPS) is 17.5. The van der Waals surface area contributed by atoms with Crippen molar-refractivity contribution in [3.05, 3.63) is 63.6 Å². The summed E-state index contributed by atoms with van der Waals surface area (Å²) in [6.45, 7) is 1.77. The minimum absolute atomic E-state index is 0.177. The number of aliphatic imine (C=N–C) groups is 1. The van der Waals surface area contributed by atoms with Crippen LogP contribution in [0.5, 0.6) is 0 Å². The van der Waals surface area contributed by atoms with Crippen LogP contribution in [0.1, 0.15) is 18.1 Å². The van der Waals surface area contributed by atoms with E-state index < -0.39 is 12.1 Å². The van der Waals surface area contributed by atoms with Crippen LogP contribution in [0, 0.1) is 5.92 Å². The summed E-state index contributed by atoms with van der Waals surface area (Å²) >= 11 is 18.3. The molecule has 3 rings (SSSR count). The van der Waals surface area contributed by atoms with E-state index in [1.807, 2.05) is 18.2 Å². The molecule has 0 saturated carbocycles. The molecule has 1 N–H and O–H groups in total. The second kappa shape index (κ2) is 8.52. The molecule has 0 saturated heterocycles. The summed E-state index contributed by atoms with van der Waals surface area (Å²) in [4.78, 5) is 31.1. The Morgan fingerprint density at radius 3 is 2.61 bits per heavy atom. The number of halogens is 3. The first-order valence-electron chi connectivity index (χ1n) is 8.62. The number of carbonyl (C=O) groups is 2. The van der Waals surface area contributed by atoms with Crippen molar-refractivity contribution in [2.45, 2.75) is 19.5 Å². The minimum Gasteiger partial charge on any atom is -0.326 e. The van der Waals surface area contributed by atoms with Crippen molar-refractivity contribution in [2.24, 2.45) is 10.9 Å². The summed E-state index contributed by atoms with van der Waals surface area (Å²) in [7, 11) is 1.63. The fraction of sp³-hybridized carbons (Fsp3) is 0.250. The maximum Gasteiger partial charge on any atom is 0.272 e. The van der Waals surface area contributed by atoms with Gasteiger partial charge in [0.25, 0.3) is 5.91 Å². The van der Waals surface area contributed by atoms with Crippen LogP contribution in [0.3, 0.4) is 0 Å². The number of rotatable bonds is 4. The molecule has 2 atom stereocenters. The molecule has 2 aromatic carbocycles. The van der Waals surface area contributed by atoms with Gasteiger partial charge in [-0.15, -0.1) is 0 Å². The molecular weight excluding hydrogens is 421 g/mol. The zero-order valence-corrected chi connectivity index (χ0v) is 17.5. The largest absolute Gasteiger partial charge is 0.326 e. The topological polar surface area (TPSA) is 61.8 Å². The summed E-state index contributed by atoms with van der Waals surface area (Å²) < 4.78 is 0. The number of hydrogen-bond acceptors (Lipinski definition) is 3. The molecule has 0 spiro atoms. The van der Waals surface area contributed by atoms with Gasteiger partial charge in [-0.25, -0.2) is 4.99 Å². The molecule has 1 aliphatic rings. The summed E-state index contributed by atoms with van der Waals surface area (Å²) in [5.41, 5.74) is 2.15. The molecule has 0 radical (unpaired) electrons. The van der Waals surface area contributed by atoms with E-state index in [0.717, 1.165) is 5.56 Å². The number of para-hydroxylation sites is 1. The van der Waals surface area contributed by atoms with Gasteiger partial charge in [0.2, 0.25) is 12.1 Å². The van der Waals surface area contributed by atoms with Gasteiger partial charge >= 0.3 is 0 Å². The van der Waals surface area contributed by atoms with E-state index in [1.165, 1.54) is 4.90 Å². The Balaban J connectivity index is 1.75. The number of likely N-dealkylation sites (N-methyl/N-ethyl adjacent to an activating group) is 1. The fourth-order valence-corrected chi connectivity index (χ4v) is 3.54. The van der Waals surface area contributed by atoms with Crippen molar-refractivity contribution in [1.29, 1.82) is 0 Å². The Kier molecular flexibility index (Phi) is 6.28. The van der Waals surface area contributed by atoms with Crippen molar-refractivity contribution in [3.8, 4) is 0 Å². The van der Waals surface area contributed by atoms with Gasteiger partial charge in [-0.2, -0.15) is 0 Å². The summed E-state index contributed by atoms with van der Waals surface area (Å²) in [5, 5.41) is 3.75. The van der Waals surface area contributed by atoms with E-state index in [0.29, 0.717) is 27.7 Å². The summed E-state index contributed by atoms with van der Waals surface area (Å²) in [6, 6.07) is 12.4. The fourth-order valence-electron chi connectivity index (χ4n) is 2.96. The number of hydrogen-bond donors (Lipinski definition) is 1. The van der Waals surface area contributed by atoms with Crippen LogP contribution in [-0.2, 0) is 16.0 Å². The number of benzodiazepines with no additional fused rings is 1. The molecule has 0 aliphatic carbocycles. The summed E-state index contributed by atoms with van der Waals surface area (Å²) in [5.74, 6) is -1.08. The van der Waals surface area contributed by atoms with Crippen LogP contribution in [-0.4, -0.2) is 30.2 Å². The Bertz CT molecular complexity index is 961. The first kappa shape index (κ1) is 20.6. The highest BCUT2D eigenvalue weighted by Crippen LogP contribution is 2.26. The molecular formula is C20H18Cl3N3O2. The molecule has 1 aliphatic heterocycles. The van der Waals surface area contributed by atoms with Crippen molar-refractivity contribution in [1.82, 2.24) is 5.32 Å². The van der Waals surface area contributed by atoms with Gasteiger partial charge in [-0.3, -0.25) is 9.59 Å². The smallest absolute Gasteiger partial charge is 0.272 e. The number of anilines is 1. The molecule has 1 heterocycles. The number of nitrogens with one attached hydrogen (secondary N) is 1. The van der Waals surface area contributed by atoms with E-state index in [-0.39, 0.29) is 17.0 Å². The van der Waals surface area contributed by atoms with Crippen LogP contribution >= 0.6 is 34.8 Å². The molecule has 1 unspecified atom stereocenters. The van der Waals surface area contributed by atoms with E-state index in [2.05, 4.69) is 10.3 Å². The highest BCUT2D eigenvalue weighted by Gasteiger charge is 2.31. The molecule has 146 valence electrons. The maximum atomic E-state index is 12.8. The average Bonchev–Trinajstić information content (AvgIpc) is 2.76. The standard InChI is InChI=1S/C20H18Cl3N3O2/c1-11(9-12-7-8-14(21)15(22)10-12)19(27)25-18-20(28)26(2)16-6-4-3-5-13(16)17(23)24-18/h3-8,10-11,18H,9H2,1-2H3,(H,25,27)/t11-,18?/m0/s1. The quantitative estimate of drug-likeness (QED) is 0.774. The molecule has 5 nitrogen and oxygen atoms in total. The minimum atomic E-state index is -1.09. The van der Waals surface area contributed by atoms with Crippen LogP contribution in [0.25, 0.3) is 0 Å². The number of nitrogens with zero attached hydrogens (tertiary/aromatic N) is 2. The number of amides is 2. The van der Waals surface area contributed by atoms with Crippen molar-refractivity contribution >= 4 is 57.5 Å². The Morgan fingerprint density at radius 1 is 1.18 bits per heavy atom. The van der Waals surface area contributed by atoms with E-state index in [9.17, 15) is 9.59 Å². The predicted octanol–water partition coefficient (Wildman–Crippen LogP) is 4.28. The monoisotopic (exact) mass is 437 g/mol. The third-order valence-corrected chi connectivity index (χ3v) is 5.59. The van der Waals surface area contributed by atoms with Gasteiger partial charge in [-0.05, 0) is 36.2 Å². The predicted molar refractivity (Wildman–Crippen MR) is 114 cm³/mol. The number of fused-ring (bicyclic) bond motifs is 1. The Labute approximate surface area is 178 Å². The van der Waals surface area contributed by atoms with E-state index >= 15 is 0 Å². The lowest BCUT2D eigenvalue weighted by atomic mass is 10.0. The van der Waals surface area contributed by atoms with E-state index in [1.54, 1.807) is 38.2 Å². The summed E-state index contributed by atoms with van der Waals surface area (Å²) in [6.07, 6.45) is -0.648. The third kappa shape index (κ3) is 4.32. The molecule has 2 aromatic rings. The Hall–Kier alpha value is -2.08. The third-order valence-electron chi connectivity index (χ3n) is 4.55. The first-order valence-corrected chi connectivity index (χ1v) is 9.76. The zero-order valence-electron chi connectivity index (χ0n) is 15.2. The lowest BCUT2D eigenvalue weighted by Gasteiger charge is -2.22. The maximum absolute atomic E-state index is 12.8. The van der Waals surface area contributed by atoms with Crippen LogP contribution < -0.4 is 10.2 Å². The first-order chi connectivity index (χ1) is 13.3. The lowest BCUT2D eigenvalue weighted by Crippen LogP contribution is -2.47. The molecule has 0 fully saturated rings. The van der Waals surface area contributed by atoms with Gasteiger partial charge in [0.15, 0.2) is 0 Å².